The van der Waals surface area contributed by atoms with Gasteiger partial charge in [0.05, 0.1) is 0 Å². The van der Waals surface area contributed by atoms with Crippen LogP contribution in [0.5, 0.6) is 0 Å². The number of unbranched alkanes of at least 4 members (excludes halogenated alkanes) is 2. The molecule has 0 saturated heterocycles. The number of aromatic nitrogens is 3. The highest BCUT2D eigenvalue weighted by Crippen LogP contribution is 2.11. The lowest BCUT2D eigenvalue weighted by Crippen LogP contribution is -2.09. The van der Waals surface area contributed by atoms with Crippen molar-refractivity contribution in [2.24, 2.45) is 0 Å². The molecule has 0 aliphatic heterocycles. The second kappa shape index (κ2) is 8.19. The maximum absolute atomic E-state index is 4.49. The van der Waals surface area contributed by atoms with Gasteiger partial charge in [0.15, 0.2) is 0 Å². The number of anilines is 2. The Morgan fingerprint density at radius 2 is 2.05 bits per heavy atom. The van der Waals surface area contributed by atoms with Crippen LogP contribution in [0, 0.1) is 6.92 Å². The number of pyridine rings is 1. The van der Waals surface area contributed by atoms with E-state index in [-0.39, 0.29) is 0 Å². The highest BCUT2D eigenvalue weighted by atomic mass is 15.1. The van der Waals surface area contributed by atoms with Gasteiger partial charge in [0.25, 0.3) is 0 Å². The molecular weight excluding hydrogens is 262 g/mol. The predicted molar refractivity (Wildman–Crippen MR) is 86.3 cm³/mol. The van der Waals surface area contributed by atoms with E-state index in [2.05, 4.69) is 32.5 Å². The van der Waals surface area contributed by atoms with Crippen LogP contribution in [0.2, 0.25) is 0 Å². The minimum atomic E-state index is 0.694. The van der Waals surface area contributed by atoms with E-state index in [1.165, 1.54) is 12.8 Å². The van der Waals surface area contributed by atoms with E-state index in [9.17, 15) is 0 Å². The maximum Gasteiger partial charge on any atom is 0.224 e. The van der Waals surface area contributed by atoms with Crippen molar-refractivity contribution in [2.75, 3.05) is 17.2 Å². The molecule has 0 bridgehead atoms. The van der Waals surface area contributed by atoms with Crippen LogP contribution in [0.4, 0.5) is 11.8 Å². The predicted octanol–water partition coefficient (Wildman–Crippen LogP) is 3.39. The molecule has 0 aliphatic carbocycles. The van der Waals surface area contributed by atoms with Crippen molar-refractivity contribution >= 4 is 11.8 Å². The first kappa shape index (κ1) is 15.2. The summed E-state index contributed by atoms with van der Waals surface area (Å²) in [7, 11) is 0. The number of aryl methyl sites for hydroxylation is 1. The molecule has 0 radical (unpaired) electrons. The number of rotatable bonds is 8. The zero-order valence-electron chi connectivity index (χ0n) is 12.8. The summed E-state index contributed by atoms with van der Waals surface area (Å²) >= 11 is 0. The van der Waals surface area contributed by atoms with Gasteiger partial charge in [-0.05, 0) is 25.0 Å². The van der Waals surface area contributed by atoms with Crippen molar-refractivity contribution in [3.05, 3.63) is 41.9 Å². The standard InChI is InChI=1S/C16H23N5/c1-3-4-5-9-18-16-20-13(2)10-15(21-16)19-12-14-7-6-8-17-11-14/h6-8,10-11H,3-5,9,12H2,1-2H3,(H2,18,19,20,21). The van der Waals surface area contributed by atoms with E-state index in [0.717, 1.165) is 30.0 Å². The molecule has 0 aliphatic rings. The fraction of sp³-hybridized carbons (Fsp3) is 0.438. The summed E-state index contributed by atoms with van der Waals surface area (Å²) in [6, 6.07) is 5.93. The van der Waals surface area contributed by atoms with Crippen LogP contribution < -0.4 is 10.6 Å². The van der Waals surface area contributed by atoms with Gasteiger partial charge >= 0.3 is 0 Å². The van der Waals surface area contributed by atoms with Gasteiger partial charge < -0.3 is 10.6 Å². The van der Waals surface area contributed by atoms with Gasteiger partial charge in [0, 0.05) is 37.2 Å². The lowest BCUT2D eigenvalue weighted by atomic mass is 10.2. The molecule has 0 fully saturated rings. The third-order valence-corrected chi connectivity index (χ3v) is 3.11. The van der Waals surface area contributed by atoms with Crippen LogP contribution in [0.25, 0.3) is 0 Å². The second-order valence-corrected chi connectivity index (χ2v) is 5.07. The quantitative estimate of drug-likeness (QED) is 0.728. The topological polar surface area (TPSA) is 62.7 Å². The molecule has 0 saturated carbocycles. The SMILES string of the molecule is CCCCCNc1nc(C)cc(NCc2cccnc2)n1. The monoisotopic (exact) mass is 285 g/mol. The van der Waals surface area contributed by atoms with E-state index in [0.29, 0.717) is 12.5 Å². The lowest BCUT2D eigenvalue weighted by Gasteiger charge is -2.09. The van der Waals surface area contributed by atoms with Gasteiger partial charge in [-0.15, -0.1) is 0 Å². The Hall–Kier alpha value is -2.17. The van der Waals surface area contributed by atoms with Crippen molar-refractivity contribution in [1.29, 1.82) is 0 Å². The Kier molecular flexibility index (Phi) is 5.94. The van der Waals surface area contributed by atoms with Crippen molar-refractivity contribution in [2.45, 2.75) is 39.7 Å². The van der Waals surface area contributed by atoms with Crippen molar-refractivity contribution < 1.29 is 0 Å². The molecule has 2 aromatic heterocycles. The van der Waals surface area contributed by atoms with Gasteiger partial charge in [-0.2, -0.15) is 4.98 Å². The van der Waals surface area contributed by atoms with Gasteiger partial charge in [-0.3, -0.25) is 4.98 Å². The van der Waals surface area contributed by atoms with Gasteiger partial charge in [-0.1, -0.05) is 25.8 Å². The lowest BCUT2D eigenvalue weighted by molar-refractivity contribution is 0.740. The molecule has 21 heavy (non-hydrogen) atoms. The van der Waals surface area contributed by atoms with Crippen molar-refractivity contribution in [3.8, 4) is 0 Å². The van der Waals surface area contributed by atoms with Crippen molar-refractivity contribution in [3.63, 3.8) is 0 Å². The smallest absolute Gasteiger partial charge is 0.224 e. The van der Waals surface area contributed by atoms with Crippen LogP contribution in [-0.4, -0.2) is 21.5 Å². The normalized spacial score (nSPS) is 10.4. The van der Waals surface area contributed by atoms with Gasteiger partial charge in [0.2, 0.25) is 5.95 Å². The number of nitrogens with one attached hydrogen (secondary N) is 2. The highest BCUT2D eigenvalue weighted by Gasteiger charge is 2.02. The van der Waals surface area contributed by atoms with E-state index in [1.807, 2.05) is 31.3 Å². The van der Waals surface area contributed by atoms with Crippen LogP contribution in [0.15, 0.2) is 30.6 Å². The second-order valence-electron chi connectivity index (χ2n) is 5.07. The van der Waals surface area contributed by atoms with Crippen LogP contribution in [-0.2, 0) is 6.54 Å². The Morgan fingerprint density at radius 1 is 1.14 bits per heavy atom. The average Bonchev–Trinajstić information content (AvgIpc) is 2.50. The zero-order valence-corrected chi connectivity index (χ0v) is 12.8. The summed E-state index contributed by atoms with van der Waals surface area (Å²) in [6.07, 6.45) is 7.22. The molecule has 0 aromatic carbocycles. The van der Waals surface area contributed by atoms with Crippen LogP contribution >= 0.6 is 0 Å². The van der Waals surface area contributed by atoms with E-state index < -0.39 is 0 Å². The molecule has 0 amide bonds. The van der Waals surface area contributed by atoms with Crippen LogP contribution in [0.3, 0.4) is 0 Å². The Labute approximate surface area is 126 Å². The van der Waals surface area contributed by atoms with E-state index >= 15 is 0 Å². The fourth-order valence-corrected chi connectivity index (χ4v) is 2.01. The molecule has 2 N–H and O–H groups in total. The number of hydrogen-bond acceptors (Lipinski definition) is 5. The fourth-order valence-electron chi connectivity index (χ4n) is 2.01. The Balaban J connectivity index is 1.91. The molecule has 2 heterocycles. The van der Waals surface area contributed by atoms with Crippen LogP contribution in [0.1, 0.15) is 37.4 Å². The number of hydrogen-bond donors (Lipinski definition) is 2. The summed E-state index contributed by atoms with van der Waals surface area (Å²) in [5.74, 6) is 1.53. The third kappa shape index (κ3) is 5.38. The minimum Gasteiger partial charge on any atom is -0.366 e. The average molecular weight is 285 g/mol. The first-order valence-electron chi connectivity index (χ1n) is 7.50. The van der Waals surface area contributed by atoms with Crippen molar-refractivity contribution in [1.82, 2.24) is 15.0 Å². The minimum absolute atomic E-state index is 0.694. The third-order valence-electron chi connectivity index (χ3n) is 3.11. The molecule has 5 heteroatoms. The Bertz CT molecular complexity index is 542. The summed E-state index contributed by atoms with van der Waals surface area (Å²) in [5.41, 5.74) is 2.09. The molecular formula is C16H23N5. The molecule has 0 spiro atoms. The first-order chi connectivity index (χ1) is 10.3. The highest BCUT2D eigenvalue weighted by molar-refractivity contribution is 5.42. The summed E-state index contributed by atoms with van der Waals surface area (Å²) in [4.78, 5) is 13.0. The van der Waals surface area contributed by atoms with E-state index in [4.69, 9.17) is 0 Å². The molecule has 112 valence electrons. The maximum atomic E-state index is 4.49. The first-order valence-corrected chi connectivity index (χ1v) is 7.50. The van der Waals surface area contributed by atoms with Gasteiger partial charge in [-0.25, -0.2) is 4.98 Å². The van der Waals surface area contributed by atoms with Gasteiger partial charge in [0.1, 0.15) is 5.82 Å². The largest absolute Gasteiger partial charge is 0.366 e. The molecule has 0 unspecified atom stereocenters. The molecule has 0 atom stereocenters. The summed E-state index contributed by atoms with van der Waals surface area (Å²) in [5, 5.41) is 6.60. The molecule has 2 rings (SSSR count). The zero-order chi connectivity index (χ0) is 14.9. The molecule has 5 nitrogen and oxygen atoms in total. The molecule has 2 aromatic rings. The Morgan fingerprint density at radius 3 is 2.81 bits per heavy atom. The number of nitrogens with zero attached hydrogens (tertiary/aromatic N) is 3. The van der Waals surface area contributed by atoms with E-state index in [1.54, 1.807) is 6.20 Å². The summed E-state index contributed by atoms with van der Waals surface area (Å²) in [6.45, 7) is 5.80. The summed E-state index contributed by atoms with van der Waals surface area (Å²) < 4.78 is 0.